The summed E-state index contributed by atoms with van der Waals surface area (Å²) in [6.45, 7) is 15.6. The Morgan fingerprint density at radius 1 is 0.538 bits per heavy atom. The van der Waals surface area contributed by atoms with E-state index in [1.807, 2.05) is 184 Å². The molecular weight excluding hydrogens is 1580 g/mol. The van der Waals surface area contributed by atoms with Crippen molar-refractivity contribution in [3.05, 3.63) is 284 Å². The van der Waals surface area contributed by atoms with Gasteiger partial charge in [0.15, 0.2) is 0 Å². The number of nitrogens with one attached hydrogen (secondary N) is 4. The maximum Gasteiger partial charge on any atom is 1.00 e. The second kappa shape index (κ2) is 48.3. The van der Waals surface area contributed by atoms with Gasteiger partial charge in [-0.15, -0.1) is 5.06 Å². The van der Waals surface area contributed by atoms with Gasteiger partial charge in [0.25, 0.3) is 29.7 Å². The largest absolute Gasteiger partial charge is 1.00 e. The molecule has 0 radical (unpaired) electrons. The minimum absolute atomic E-state index is 0. The molecule has 4 amide bonds. The molecule has 0 unspecified atom stereocenters. The maximum atomic E-state index is 14.3. The van der Waals surface area contributed by atoms with Crippen molar-refractivity contribution in [2.24, 2.45) is 23.5 Å². The van der Waals surface area contributed by atoms with Crippen LogP contribution in [0, 0.1) is 38.0 Å². The van der Waals surface area contributed by atoms with Crippen LogP contribution in [0.1, 0.15) is 106 Å². The number of methoxy groups -OCH3 is 1. The van der Waals surface area contributed by atoms with Crippen LogP contribution in [0.4, 0.5) is 16.2 Å². The van der Waals surface area contributed by atoms with Crippen LogP contribution in [0.2, 0.25) is 0 Å². The topological polar surface area (TPSA) is 398 Å². The van der Waals surface area contributed by atoms with Gasteiger partial charge in [-0.3, -0.25) is 49.2 Å². The van der Waals surface area contributed by atoms with Crippen molar-refractivity contribution in [2.45, 2.75) is 125 Å². The smallest absolute Gasteiger partial charge is 0.662 e. The van der Waals surface area contributed by atoms with E-state index in [1.54, 1.807) is 11.2 Å². The second-order valence-corrected chi connectivity index (χ2v) is 33.3. The number of hydrogen-bond acceptors (Lipinski definition) is 23. The fraction of sp³-hybridized carbons (Fsp3) is 0.372. The quantitative estimate of drug-likeness (QED) is 0.00564. The molecule has 3 fully saturated rings. The molecule has 119 heavy (non-hydrogen) atoms. The van der Waals surface area contributed by atoms with Crippen LogP contribution in [0.3, 0.4) is 0 Å². The second-order valence-electron chi connectivity index (χ2n) is 29.5. The summed E-state index contributed by atoms with van der Waals surface area (Å²) in [6.07, 6.45) is 0.759. The number of nitrogens with two attached hydrogens (primary N) is 1. The zero-order chi connectivity index (χ0) is 85.3. The number of hydroxylamine groups is 2. The molecule has 8 aromatic rings. The van der Waals surface area contributed by atoms with Crippen LogP contribution in [-0.2, 0) is 71.6 Å². The van der Waals surface area contributed by atoms with E-state index in [2.05, 4.69) is 61.9 Å². The van der Waals surface area contributed by atoms with Crippen LogP contribution in [0.5, 0.6) is 0 Å². The number of nitro groups is 2. The molecule has 0 saturated carbocycles. The molecule has 11 rings (SSSR count). The molecule has 30 nitrogen and oxygen atoms in total. The van der Waals surface area contributed by atoms with Gasteiger partial charge in [0, 0.05) is 140 Å². The van der Waals surface area contributed by atoms with E-state index in [0.29, 0.717) is 82.7 Å². The van der Waals surface area contributed by atoms with Crippen molar-refractivity contribution in [3.63, 3.8) is 0 Å². The van der Waals surface area contributed by atoms with Crippen LogP contribution in [-0.4, -0.2) is 189 Å². The predicted molar refractivity (Wildman–Crippen MR) is 442 cm³/mol. The van der Waals surface area contributed by atoms with E-state index in [4.69, 9.17) is 25.4 Å². The fourth-order valence-corrected chi connectivity index (χ4v) is 17.7. The molecule has 3 aliphatic rings. The van der Waals surface area contributed by atoms with Crippen molar-refractivity contribution >= 4 is 67.7 Å². The van der Waals surface area contributed by atoms with E-state index >= 15 is 0 Å². The third-order valence-electron chi connectivity index (χ3n) is 20.3. The number of carbonyl (C=O) groups excluding carboxylic acids is 6. The van der Waals surface area contributed by atoms with Crippen LogP contribution in [0.25, 0.3) is 0 Å². The molecule has 0 aromatic heterocycles. The van der Waals surface area contributed by atoms with Gasteiger partial charge in [0.2, 0.25) is 26.0 Å². The van der Waals surface area contributed by atoms with Gasteiger partial charge >= 0.3 is 41.6 Å². The summed E-state index contributed by atoms with van der Waals surface area (Å²) in [5, 5.41) is 44.1. The Morgan fingerprint density at radius 3 is 1.23 bits per heavy atom. The van der Waals surface area contributed by atoms with Crippen molar-refractivity contribution in [1.82, 2.24) is 44.7 Å². The number of likely N-dealkylation sites (tertiary alicyclic amines) is 2. The minimum Gasteiger partial charge on any atom is -0.662 e. The molecule has 3 saturated heterocycles. The van der Waals surface area contributed by atoms with Gasteiger partial charge in [-0.1, -0.05) is 217 Å². The fourth-order valence-electron chi connectivity index (χ4n) is 14.4. The standard InChI is InChI=1S/C41H50N6O7S.C24H35N5O4S.C20H19NO4.CH2O3.Na/c1-30(2)23-26-46(55(52,53)35-21-19-34(20-22-35)47(50)51)37-29-45(27-31-13-7-4-8-14-31)28-36(37)42-24-25-43-40(48)39(44-41(49)54-3)38(32-15-9-5-10-16-32)33-17-11-6-12-18-33;1-19(2)12-15-28(34(32,33)22-10-8-21(9-11-22)29(30)31)24-18-27(17-23(24)26-14-13-25)16-20-6-4-3-5-7-20;1-14(20(24)25-21-17(22)12-13-18(21)23)19(15-8-4-2-5-9-15)16-10-6-3-7-11-16;2-1-4-3;/h4-22,30,36-39,42H,23-29H2,1-3H3,(H,43,48)(H,44,49);3-11,19,23-24,26H,12-18,25H2,1-2H3;2-11,14,19H,12-13H2,1H3;1,3H;/q;;;;+1/p-1/t36-,37-,39+;23-,24-;14-;;/m110../s1. The van der Waals surface area contributed by atoms with Gasteiger partial charge < -0.3 is 46.7 Å². The molecule has 630 valence electrons. The number of sulfonamides is 2. The third kappa shape index (κ3) is 28.3. The SMILES string of the molecule is CC(C)CCN([C@@H]1CN(Cc2ccccc2)C[C@H]1NCCN)S(=O)(=O)c1ccc([N+](=O)[O-])cc1.COC(=O)N[C@H](C(=O)NCCN[C@@H]1CN(Cc2ccccc2)C[C@H]1N(CCC(C)C)S(=O)(=O)c1ccc([N+](=O)[O-])cc1)C(c1ccccc1)c1ccccc1.C[C@H](C(=O)ON1C(=O)CCC1=O)C(c1ccccc1)c1ccccc1.O=CO[O-].[Na+]. The Bertz CT molecular complexity index is 4650. The van der Waals surface area contributed by atoms with Gasteiger partial charge in [-0.05, 0) is 82.3 Å². The Hall–Kier alpha value is -10.0. The Labute approximate surface area is 717 Å². The Morgan fingerprint density at radius 2 is 0.891 bits per heavy atom. The van der Waals surface area contributed by atoms with Gasteiger partial charge in [0.05, 0.1) is 44.7 Å². The van der Waals surface area contributed by atoms with Crippen molar-refractivity contribution < 1.29 is 105 Å². The number of alkyl carbamates (subject to hydrolysis) is 1. The maximum absolute atomic E-state index is 14.3. The first kappa shape index (κ1) is 96.1. The molecule has 33 heteroatoms. The number of carbonyl (C=O) groups is 6. The number of ether oxygens (including phenoxy) is 1. The van der Waals surface area contributed by atoms with Gasteiger partial charge in [-0.25, -0.2) is 26.4 Å². The summed E-state index contributed by atoms with van der Waals surface area (Å²) in [6, 6.07) is 66.3. The Kier molecular flexibility index (Phi) is 39.0. The van der Waals surface area contributed by atoms with E-state index in [0.717, 1.165) is 34.4 Å². The van der Waals surface area contributed by atoms with Gasteiger partial charge in [0.1, 0.15) is 6.04 Å². The van der Waals surface area contributed by atoms with Crippen molar-refractivity contribution in [3.8, 4) is 0 Å². The molecule has 0 spiro atoms. The third-order valence-corrected chi connectivity index (χ3v) is 24.2. The summed E-state index contributed by atoms with van der Waals surface area (Å²) in [5.74, 6) is -2.71. The van der Waals surface area contributed by atoms with Crippen molar-refractivity contribution in [2.75, 3.05) is 72.6 Å². The van der Waals surface area contributed by atoms with E-state index in [9.17, 15) is 61.0 Å². The summed E-state index contributed by atoms with van der Waals surface area (Å²) in [5.41, 5.74) is 11.3. The average Bonchev–Trinajstić information content (AvgIpc) is 1.71. The van der Waals surface area contributed by atoms with Gasteiger partial charge in [-0.2, -0.15) is 8.61 Å². The molecule has 6 N–H and O–H groups in total. The number of hydrogen-bond donors (Lipinski definition) is 5. The summed E-state index contributed by atoms with van der Waals surface area (Å²) >= 11 is 0. The number of non-ortho nitro benzene ring substituents is 2. The molecule has 3 aliphatic heterocycles. The Balaban J connectivity index is 0.000000259. The number of amides is 4. The molecule has 0 bridgehead atoms. The monoisotopic (exact) mass is 1680 g/mol. The number of rotatable bonds is 36. The predicted octanol–water partition coefficient (Wildman–Crippen LogP) is 6.08. The summed E-state index contributed by atoms with van der Waals surface area (Å²) < 4.78 is 64.3. The summed E-state index contributed by atoms with van der Waals surface area (Å²) in [7, 11) is -6.68. The first-order valence-corrected chi connectivity index (χ1v) is 41.9. The average molecular weight is 1680 g/mol. The number of nitro benzene ring substituents is 2. The number of nitrogens with zero attached hydrogens (tertiary/aromatic N) is 7. The minimum atomic E-state index is -4.06. The zero-order valence-electron chi connectivity index (χ0n) is 68.0. The summed E-state index contributed by atoms with van der Waals surface area (Å²) in [4.78, 5) is 105. The molecular formula is C86H105N12NaO18S2. The van der Waals surface area contributed by atoms with Crippen LogP contribution in [0.15, 0.2) is 240 Å². The molecule has 0 aliphatic carbocycles. The number of benzene rings is 8. The normalized spacial score (nSPS) is 16.6. The van der Waals surface area contributed by atoms with Crippen molar-refractivity contribution in [1.29, 1.82) is 0 Å². The zero-order valence-corrected chi connectivity index (χ0v) is 71.6. The van der Waals surface area contributed by atoms with E-state index < -0.39 is 83.6 Å². The first-order valence-electron chi connectivity index (χ1n) is 39.0. The molecule has 3 heterocycles. The number of imide groups is 1. The molecule has 8 aromatic carbocycles. The van der Waals surface area contributed by atoms with E-state index in [1.165, 1.54) is 65.5 Å². The van der Waals surface area contributed by atoms with Crippen LogP contribution < -0.4 is 61.8 Å². The van der Waals surface area contributed by atoms with Crippen LogP contribution >= 0.6 is 0 Å². The van der Waals surface area contributed by atoms with E-state index in [-0.39, 0.29) is 113 Å². The first-order chi connectivity index (χ1) is 56.7. The molecule has 6 atom stereocenters.